The highest BCUT2D eigenvalue weighted by Gasteiger charge is 2.30. The van der Waals surface area contributed by atoms with Crippen molar-refractivity contribution >= 4 is 18.2 Å². The Morgan fingerprint density at radius 3 is 2.67 bits per heavy atom. The molecule has 1 fully saturated rings. The summed E-state index contributed by atoms with van der Waals surface area (Å²) in [5, 5.41) is 3.43. The highest BCUT2D eigenvalue weighted by Crippen LogP contribution is 2.37. The van der Waals surface area contributed by atoms with Crippen LogP contribution in [0.3, 0.4) is 0 Å². The van der Waals surface area contributed by atoms with Crippen molar-refractivity contribution in [2.24, 2.45) is 5.92 Å². The smallest absolute Gasteiger partial charge is 0.340 e. The predicted octanol–water partition coefficient (Wildman–Crippen LogP) is 4.21. The molecule has 0 aromatic carbocycles. The lowest BCUT2D eigenvalue weighted by molar-refractivity contribution is 0.0525. The second-order valence-corrected chi connectivity index (χ2v) is 6.42. The molecule has 1 atom stereocenters. The third kappa shape index (κ3) is 3.48. The third-order valence-corrected chi connectivity index (χ3v) is 5.03. The van der Waals surface area contributed by atoms with Crippen molar-refractivity contribution < 1.29 is 9.53 Å². The van der Waals surface area contributed by atoms with Gasteiger partial charge in [0.25, 0.3) is 0 Å². The number of hydrogen-bond donors (Lipinski definition) is 1. The molecule has 0 aliphatic carbocycles. The summed E-state index contributed by atoms with van der Waals surface area (Å²) in [7, 11) is 0. The number of carbonyl (C=O) groups excluding carboxylic acids is 1. The highest BCUT2D eigenvalue weighted by molar-refractivity contribution is 5.96. The fraction of sp³-hybridized carbons (Fsp3) is 0.550. The van der Waals surface area contributed by atoms with Gasteiger partial charge in [-0.3, -0.25) is 0 Å². The highest BCUT2D eigenvalue weighted by atomic mass is 16.5. The summed E-state index contributed by atoms with van der Waals surface area (Å²) >= 11 is 0. The lowest BCUT2D eigenvalue weighted by Gasteiger charge is -2.29. The molecule has 1 aliphatic rings. The van der Waals surface area contributed by atoms with Crippen LogP contribution < -0.4 is 5.32 Å². The van der Waals surface area contributed by atoms with E-state index in [0.717, 1.165) is 24.3 Å². The average molecular weight is 330 g/mol. The number of hydrogen-bond acceptors (Lipinski definition) is 3. The minimum atomic E-state index is -0.257. The van der Waals surface area contributed by atoms with Gasteiger partial charge in [-0.15, -0.1) is 0 Å². The van der Waals surface area contributed by atoms with Gasteiger partial charge in [-0.05, 0) is 70.2 Å². The number of piperidine rings is 1. The summed E-state index contributed by atoms with van der Waals surface area (Å²) in [5.41, 5.74) is 3.71. The van der Waals surface area contributed by atoms with Crippen LogP contribution in [0, 0.1) is 12.8 Å². The molecule has 4 heteroatoms. The number of aromatic nitrogens is 1. The van der Waals surface area contributed by atoms with Gasteiger partial charge in [-0.2, -0.15) is 0 Å². The van der Waals surface area contributed by atoms with Crippen molar-refractivity contribution in [1.82, 2.24) is 9.88 Å². The van der Waals surface area contributed by atoms with Crippen molar-refractivity contribution in [3.05, 3.63) is 35.2 Å². The third-order valence-electron chi connectivity index (χ3n) is 5.03. The molecule has 1 unspecified atom stereocenters. The maximum Gasteiger partial charge on any atom is 0.340 e. The number of esters is 1. The SMILES string of the molecule is C=Cc1c(C(=O)OCC)c(C)c(C(C)C2CCNCC2)n1/C=C\C. The van der Waals surface area contributed by atoms with Crippen LogP contribution in [0.25, 0.3) is 12.3 Å². The van der Waals surface area contributed by atoms with Crippen LogP contribution in [0.4, 0.5) is 0 Å². The topological polar surface area (TPSA) is 43.3 Å². The van der Waals surface area contributed by atoms with Gasteiger partial charge >= 0.3 is 5.97 Å². The fourth-order valence-electron chi connectivity index (χ4n) is 3.85. The van der Waals surface area contributed by atoms with Crippen LogP contribution in [-0.4, -0.2) is 30.2 Å². The number of nitrogens with one attached hydrogen (secondary N) is 1. The Morgan fingerprint density at radius 2 is 2.12 bits per heavy atom. The predicted molar refractivity (Wildman–Crippen MR) is 100 cm³/mol. The van der Waals surface area contributed by atoms with Crippen LogP contribution in [0.2, 0.25) is 0 Å². The van der Waals surface area contributed by atoms with Gasteiger partial charge in [0, 0.05) is 11.9 Å². The zero-order valence-electron chi connectivity index (χ0n) is 15.4. The van der Waals surface area contributed by atoms with Gasteiger partial charge < -0.3 is 14.6 Å². The molecule has 1 N–H and O–H groups in total. The zero-order valence-corrected chi connectivity index (χ0v) is 15.4. The first-order valence-electron chi connectivity index (χ1n) is 8.94. The van der Waals surface area contributed by atoms with Crippen molar-refractivity contribution in [1.29, 1.82) is 0 Å². The Bertz CT molecular complexity index is 622. The second-order valence-electron chi connectivity index (χ2n) is 6.42. The number of rotatable bonds is 6. The lowest BCUT2D eigenvalue weighted by Crippen LogP contribution is -2.30. The summed E-state index contributed by atoms with van der Waals surface area (Å²) in [6.45, 7) is 14.6. The minimum absolute atomic E-state index is 0.257. The summed E-state index contributed by atoms with van der Waals surface area (Å²) in [4.78, 5) is 12.5. The van der Waals surface area contributed by atoms with E-state index in [4.69, 9.17) is 4.74 Å². The van der Waals surface area contributed by atoms with E-state index >= 15 is 0 Å². The molecule has 0 radical (unpaired) electrons. The lowest BCUT2D eigenvalue weighted by atomic mass is 9.82. The van der Waals surface area contributed by atoms with Crippen molar-refractivity contribution in [2.75, 3.05) is 19.7 Å². The molecule has 24 heavy (non-hydrogen) atoms. The number of ether oxygens (including phenoxy) is 1. The van der Waals surface area contributed by atoms with E-state index in [1.165, 1.54) is 18.5 Å². The maximum absolute atomic E-state index is 12.5. The molecule has 132 valence electrons. The van der Waals surface area contributed by atoms with E-state index in [0.29, 0.717) is 24.0 Å². The van der Waals surface area contributed by atoms with Gasteiger partial charge in [-0.1, -0.05) is 19.6 Å². The zero-order chi connectivity index (χ0) is 17.7. The molecule has 0 spiro atoms. The first-order chi connectivity index (χ1) is 11.6. The Labute approximate surface area is 145 Å². The van der Waals surface area contributed by atoms with E-state index in [-0.39, 0.29) is 5.97 Å². The number of carbonyl (C=O) groups is 1. The molecule has 0 saturated carbocycles. The number of allylic oxidation sites excluding steroid dienone is 1. The quantitative estimate of drug-likeness (QED) is 0.795. The molecule has 0 amide bonds. The normalized spacial score (nSPS) is 17.2. The van der Waals surface area contributed by atoms with Gasteiger partial charge in [0.05, 0.1) is 17.9 Å². The largest absolute Gasteiger partial charge is 0.462 e. The van der Waals surface area contributed by atoms with Crippen LogP contribution in [0.15, 0.2) is 12.7 Å². The number of nitrogens with zero attached hydrogens (tertiary/aromatic N) is 1. The van der Waals surface area contributed by atoms with Crippen LogP contribution in [0.5, 0.6) is 0 Å². The van der Waals surface area contributed by atoms with Gasteiger partial charge in [0.2, 0.25) is 0 Å². The Morgan fingerprint density at radius 1 is 1.46 bits per heavy atom. The fourth-order valence-corrected chi connectivity index (χ4v) is 3.85. The van der Waals surface area contributed by atoms with Crippen LogP contribution >= 0.6 is 0 Å². The first-order valence-corrected chi connectivity index (χ1v) is 8.94. The van der Waals surface area contributed by atoms with E-state index in [2.05, 4.69) is 23.4 Å². The summed E-state index contributed by atoms with van der Waals surface area (Å²) in [5.74, 6) is 0.744. The van der Waals surface area contributed by atoms with Crippen molar-refractivity contribution in [3.63, 3.8) is 0 Å². The second kappa shape index (κ2) is 8.34. The van der Waals surface area contributed by atoms with E-state index in [9.17, 15) is 4.79 Å². The van der Waals surface area contributed by atoms with Gasteiger partial charge in [0.1, 0.15) is 0 Å². The molecule has 1 aromatic rings. The van der Waals surface area contributed by atoms with Gasteiger partial charge in [-0.25, -0.2) is 4.79 Å². The molecule has 2 rings (SSSR count). The Kier molecular flexibility index (Phi) is 6.44. The summed E-state index contributed by atoms with van der Waals surface area (Å²) < 4.78 is 7.42. The van der Waals surface area contributed by atoms with Crippen LogP contribution in [-0.2, 0) is 4.74 Å². The first kappa shape index (κ1) is 18.5. The summed E-state index contributed by atoms with van der Waals surface area (Å²) in [6, 6.07) is 0. The maximum atomic E-state index is 12.5. The van der Waals surface area contributed by atoms with Gasteiger partial charge in [0.15, 0.2) is 0 Å². The van der Waals surface area contributed by atoms with E-state index in [1.54, 1.807) is 6.08 Å². The van der Waals surface area contributed by atoms with Crippen LogP contribution in [0.1, 0.15) is 66.8 Å². The Balaban J connectivity index is 2.56. The van der Waals surface area contributed by atoms with Crippen molar-refractivity contribution in [2.45, 2.75) is 46.5 Å². The standard InChI is InChI=1S/C20H30N2O2/c1-6-13-22-17(7-2)18(20(23)24-8-3)15(5)19(22)14(4)16-9-11-21-12-10-16/h6-7,13-14,16,21H,2,8-12H2,1,3-5H3/b13-6-. The minimum Gasteiger partial charge on any atom is -0.462 e. The molecule has 2 heterocycles. The molecule has 4 nitrogen and oxygen atoms in total. The monoisotopic (exact) mass is 330 g/mol. The average Bonchev–Trinajstić information content (AvgIpc) is 2.87. The Hall–Kier alpha value is -1.81. The summed E-state index contributed by atoms with van der Waals surface area (Å²) in [6.07, 6.45) is 8.12. The van der Waals surface area contributed by atoms with E-state index in [1.807, 2.05) is 33.0 Å². The van der Waals surface area contributed by atoms with Crippen molar-refractivity contribution in [3.8, 4) is 0 Å². The molecule has 0 bridgehead atoms. The molecule has 1 aliphatic heterocycles. The molecule has 1 saturated heterocycles. The molecular formula is C20H30N2O2. The molecule has 1 aromatic heterocycles. The van der Waals surface area contributed by atoms with E-state index < -0.39 is 0 Å². The molecular weight excluding hydrogens is 300 g/mol.